The topological polar surface area (TPSA) is 50.7 Å². The Morgan fingerprint density at radius 1 is 1.19 bits per heavy atom. The molecule has 1 N–H and O–H groups in total. The first-order valence-corrected chi connectivity index (χ1v) is 8.55. The van der Waals surface area contributed by atoms with Crippen LogP contribution < -0.4 is 5.32 Å². The van der Waals surface area contributed by atoms with Crippen LogP contribution in [0, 0.1) is 0 Å². The van der Waals surface area contributed by atoms with Crippen LogP contribution in [0.3, 0.4) is 0 Å². The maximum atomic E-state index is 4.61. The van der Waals surface area contributed by atoms with E-state index in [1.807, 2.05) is 24.4 Å². The van der Waals surface area contributed by atoms with Crippen LogP contribution in [0.4, 0.5) is 0 Å². The van der Waals surface area contributed by atoms with Gasteiger partial charge in [-0.05, 0) is 18.6 Å². The van der Waals surface area contributed by atoms with Gasteiger partial charge < -0.3 is 5.32 Å². The molecule has 6 heteroatoms. The van der Waals surface area contributed by atoms with Gasteiger partial charge in [-0.2, -0.15) is 0 Å². The molecule has 21 heavy (non-hydrogen) atoms. The van der Waals surface area contributed by atoms with Crippen LogP contribution in [0.15, 0.2) is 36.0 Å². The SMILES string of the molecule is CCc1cnc(CNCc2csc(-c3ccccn3)n2)s1. The third kappa shape index (κ3) is 3.72. The van der Waals surface area contributed by atoms with Gasteiger partial charge in [0.05, 0.1) is 11.4 Å². The summed E-state index contributed by atoms with van der Waals surface area (Å²) in [5, 5.41) is 7.57. The molecular formula is C15H16N4S2. The van der Waals surface area contributed by atoms with E-state index in [-0.39, 0.29) is 0 Å². The van der Waals surface area contributed by atoms with E-state index in [4.69, 9.17) is 0 Å². The van der Waals surface area contributed by atoms with E-state index in [9.17, 15) is 0 Å². The molecule has 3 rings (SSSR count). The molecule has 0 unspecified atom stereocenters. The predicted octanol–water partition coefficient (Wildman–Crippen LogP) is 3.51. The molecule has 3 heterocycles. The molecule has 0 aromatic carbocycles. The highest BCUT2D eigenvalue weighted by molar-refractivity contribution is 7.13. The van der Waals surface area contributed by atoms with E-state index in [1.54, 1.807) is 28.9 Å². The van der Waals surface area contributed by atoms with Gasteiger partial charge in [0.15, 0.2) is 0 Å². The Kier molecular flexibility index (Phi) is 4.69. The number of aryl methyl sites for hydroxylation is 1. The fraction of sp³-hybridized carbons (Fsp3) is 0.267. The van der Waals surface area contributed by atoms with E-state index in [0.29, 0.717) is 0 Å². The highest BCUT2D eigenvalue weighted by Gasteiger charge is 2.06. The number of rotatable bonds is 6. The van der Waals surface area contributed by atoms with Crippen molar-refractivity contribution in [2.24, 2.45) is 0 Å². The summed E-state index contributed by atoms with van der Waals surface area (Å²) < 4.78 is 0. The van der Waals surface area contributed by atoms with Crippen LogP contribution >= 0.6 is 22.7 Å². The first-order valence-electron chi connectivity index (χ1n) is 6.85. The van der Waals surface area contributed by atoms with Crippen LogP contribution in [0.25, 0.3) is 10.7 Å². The Labute approximate surface area is 131 Å². The zero-order chi connectivity index (χ0) is 14.5. The van der Waals surface area contributed by atoms with Gasteiger partial charge in [-0.15, -0.1) is 22.7 Å². The minimum Gasteiger partial charge on any atom is -0.305 e. The van der Waals surface area contributed by atoms with Gasteiger partial charge in [-0.1, -0.05) is 13.0 Å². The molecule has 0 aliphatic heterocycles. The van der Waals surface area contributed by atoms with Crippen molar-refractivity contribution in [2.75, 3.05) is 0 Å². The smallest absolute Gasteiger partial charge is 0.142 e. The van der Waals surface area contributed by atoms with Crippen LogP contribution in [0.5, 0.6) is 0 Å². The van der Waals surface area contributed by atoms with Gasteiger partial charge in [-0.3, -0.25) is 4.98 Å². The second kappa shape index (κ2) is 6.89. The second-order valence-electron chi connectivity index (χ2n) is 4.54. The normalized spacial score (nSPS) is 10.9. The highest BCUT2D eigenvalue weighted by atomic mass is 32.1. The third-order valence-electron chi connectivity index (χ3n) is 2.97. The average Bonchev–Trinajstić information content (AvgIpc) is 3.17. The molecule has 0 saturated heterocycles. The van der Waals surface area contributed by atoms with E-state index < -0.39 is 0 Å². The van der Waals surface area contributed by atoms with Gasteiger partial charge in [0.1, 0.15) is 10.0 Å². The number of hydrogen-bond donors (Lipinski definition) is 1. The average molecular weight is 316 g/mol. The van der Waals surface area contributed by atoms with Crippen LogP contribution in [0.2, 0.25) is 0 Å². The number of thiazole rings is 2. The van der Waals surface area contributed by atoms with E-state index in [0.717, 1.165) is 40.9 Å². The number of nitrogens with one attached hydrogen (secondary N) is 1. The number of nitrogens with zero attached hydrogens (tertiary/aromatic N) is 3. The van der Waals surface area contributed by atoms with E-state index >= 15 is 0 Å². The molecule has 0 saturated carbocycles. The van der Waals surface area contributed by atoms with Gasteiger partial charge in [0.25, 0.3) is 0 Å². The van der Waals surface area contributed by atoms with Crippen LogP contribution in [-0.4, -0.2) is 15.0 Å². The molecular weight excluding hydrogens is 300 g/mol. The van der Waals surface area contributed by atoms with Gasteiger partial charge in [0, 0.05) is 35.7 Å². The molecule has 0 amide bonds. The lowest BCUT2D eigenvalue weighted by Crippen LogP contribution is -2.12. The largest absolute Gasteiger partial charge is 0.305 e. The fourth-order valence-electron chi connectivity index (χ4n) is 1.89. The monoisotopic (exact) mass is 316 g/mol. The molecule has 0 bridgehead atoms. The maximum Gasteiger partial charge on any atom is 0.142 e. The lowest BCUT2D eigenvalue weighted by Gasteiger charge is -1.99. The Morgan fingerprint density at radius 3 is 2.90 bits per heavy atom. The first-order chi connectivity index (χ1) is 10.3. The van der Waals surface area contributed by atoms with Crippen LogP contribution in [0.1, 0.15) is 22.5 Å². The van der Waals surface area contributed by atoms with Crippen molar-refractivity contribution in [1.82, 2.24) is 20.3 Å². The molecule has 108 valence electrons. The molecule has 0 fully saturated rings. The first kappa shape index (κ1) is 14.3. The summed E-state index contributed by atoms with van der Waals surface area (Å²) in [5.41, 5.74) is 1.98. The Balaban J connectivity index is 1.55. The molecule has 4 nitrogen and oxygen atoms in total. The molecule has 0 aliphatic rings. The minimum atomic E-state index is 0.754. The lowest BCUT2D eigenvalue weighted by molar-refractivity contribution is 0.680. The van der Waals surface area contributed by atoms with Crippen molar-refractivity contribution < 1.29 is 0 Å². The van der Waals surface area contributed by atoms with Crippen molar-refractivity contribution in [3.63, 3.8) is 0 Å². The van der Waals surface area contributed by atoms with E-state index in [1.165, 1.54) is 4.88 Å². The molecule has 0 spiro atoms. The van der Waals surface area contributed by atoms with Gasteiger partial charge in [0.2, 0.25) is 0 Å². The highest BCUT2D eigenvalue weighted by Crippen LogP contribution is 2.21. The summed E-state index contributed by atoms with van der Waals surface area (Å²) in [6.07, 6.45) is 4.81. The van der Waals surface area contributed by atoms with Crippen LogP contribution in [-0.2, 0) is 19.5 Å². The summed E-state index contributed by atoms with van der Waals surface area (Å²) in [5.74, 6) is 0. The summed E-state index contributed by atoms with van der Waals surface area (Å²) >= 11 is 3.40. The van der Waals surface area contributed by atoms with Crippen molar-refractivity contribution in [1.29, 1.82) is 0 Å². The Bertz CT molecular complexity index is 691. The Morgan fingerprint density at radius 2 is 2.14 bits per heavy atom. The van der Waals surface area contributed by atoms with Crippen molar-refractivity contribution in [2.45, 2.75) is 26.4 Å². The zero-order valence-corrected chi connectivity index (χ0v) is 13.4. The molecule has 3 aromatic rings. The maximum absolute atomic E-state index is 4.61. The molecule has 0 aliphatic carbocycles. The number of pyridine rings is 1. The van der Waals surface area contributed by atoms with Crippen molar-refractivity contribution in [3.05, 3.63) is 51.6 Å². The zero-order valence-electron chi connectivity index (χ0n) is 11.7. The molecule has 0 radical (unpaired) electrons. The van der Waals surface area contributed by atoms with E-state index in [2.05, 4.69) is 32.6 Å². The van der Waals surface area contributed by atoms with Gasteiger partial charge >= 0.3 is 0 Å². The summed E-state index contributed by atoms with van der Waals surface area (Å²) in [6.45, 7) is 3.70. The van der Waals surface area contributed by atoms with Crippen molar-refractivity contribution in [3.8, 4) is 10.7 Å². The van der Waals surface area contributed by atoms with Crippen molar-refractivity contribution >= 4 is 22.7 Å². The summed E-state index contributed by atoms with van der Waals surface area (Å²) in [7, 11) is 0. The molecule has 3 aromatic heterocycles. The molecule has 0 atom stereocenters. The summed E-state index contributed by atoms with van der Waals surface area (Å²) in [4.78, 5) is 14.7. The minimum absolute atomic E-state index is 0.754. The fourth-order valence-corrected chi connectivity index (χ4v) is 3.51. The van der Waals surface area contributed by atoms with Gasteiger partial charge in [-0.25, -0.2) is 9.97 Å². The number of aromatic nitrogens is 3. The lowest BCUT2D eigenvalue weighted by atomic mass is 10.3. The predicted molar refractivity (Wildman–Crippen MR) is 87.4 cm³/mol. The second-order valence-corrected chi connectivity index (χ2v) is 6.59. The summed E-state index contributed by atoms with van der Waals surface area (Å²) in [6, 6.07) is 5.88. The standard InChI is InChI=1S/C15H16N4S2/c1-2-12-8-18-14(21-12)9-16-7-11-10-20-15(19-11)13-5-3-4-6-17-13/h3-6,8,10,16H,2,7,9H2,1H3. The Hall–Kier alpha value is -1.63. The quantitative estimate of drug-likeness (QED) is 0.756. The number of hydrogen-bond acceptors (Lipinski definition) is 6. The third-order valence-corrected chi connectivity index (χ3v) is 5.02.